The Hall–Kier alpha value is -1.75. The van der Waals surface area contributed by atoms with Gasteiger partial charge in [-0.1, -0.05) is 0 Å². The summed E-state index contributed by atoms with van der Waals surface area (Å²) in [6.45, 7) is 1.94. The lowest BCUT2D eigenvalue weighted by molar-refractivity contribution is 0.101. The Morgan fingerprint density at radius 2 is 2.11 bits per heavy atom. The highest BCUT2D eigenvalue weighted by atomic mass is 79.9. The number of halogens is 1. The standard InChI is InChI=1S/C14H15BrN2O2/c1-9-6-11(4-5-13(9)19-3)16-14(18)12-7-10(15)8-17(12)2/h4-8H,1-3H3,(H,16,18). The van der Waals surface area contributed by atoms with Gasteiger partial charge in [0.15, 0.2) is 0 Å². The molecule has 0 saturated heterocycles. The van der Waals surface area contributed by atoms with Crippen molar-refractivity contribution in [1.29, 1.82) is 0 Å². The van der Waals surface area contributed by atoms with Crippen LogP contribution in [0, 0.1) is 6.92 Å². The highest BCUT2D eigenvalue weighted by molar-refractivity contribution is 9.10. The van der Waals surface area contributed by atoms with Crippen molar-refractivity contribution >= 4 is 27.5 Å². The first-order valence-corrected chi connectivity index (χ1v) is 6.58. The van der Waals surface area contributed by atoms with E-state index in [0.717, 1.165) is 21.5 Å². The number of methoxy groups -OCH3 is 1. The molecule has 0 atom stereocenters. The maximum atomic E-state index is 12.1. The lowest BCUT2D eigenvalue weighted by atomic mass is 10.2. The number of benzene rings is 1. The van der Waals surface area contributed by atoms with E-state index < -0.39 is 0 Å². The number of carbonyl (C=O) groups is 1. The van der Waals surface area contributed by atoms with Crippen LogP contribution in [0.25, 0.3) is 0 Å². The van der Waals surface area contributed by atoms with Crippen LogP contribution in [-0.2, 0) is 7.05 Å². The van der Waals surface area contributed by atoms with Gasteiger partial charge in [-0.15, -0.1) is 0 Å². The number of amides is 1. The van der Waals surface area contributed by atoms with Crippen LogP contribution in [0.4, 0.5) is 5.69 Å². The lowest BCUT2D eigenvalue weighted by Crippen LogP contribution is -2.15. The van der Waals surface area contributed by atoms with Gasteiger partial charge in [-0.3, -0.25) is 4.79 Å². The summed E-state index contributed by atoms with van der Waals surface area (Å²) in [6.07, 6.45) is 1.84. The van der Waals surface area contributed by atoms with Crippen LogP contribution in [0.1, 0.15) is 16.1 Å². The number of carbonyl (C=O) groups excluding carboxylic acids is 1. The first-order valence-electron chi connectivity index (χ1n) is 5.79. The monoisotopic (exact) mass is 322 g/mol. The molecule has 0 saturated carbocycles. The Kier molecular flexibility index (Phi) is 3.95. The molecule has 1 amide bonds. The van der Waals surface area contributed by atoms with Crippen LogP contribution >= 0.6 is 15.9 Å². The summed E-state index contributed by atoms with van der Waals surface area (Å²) in [5.41, 5.74) is 2.33. The van der Waals surface area contributed by atoms with Crippen LogP contribution in [0.15, 0.2) is 34.9 Å². The Morgan fingerprint density at radius 1 is 1.37 bits per heavy atom. The van der Waals surface area contributed by atoms with Crippen molar-refractivity contribution in [1.82, 2.24) is 4.57 Å². The normalized spacial score (nSPS) is 10.3. The Labute approximate surface area is 120 Å². The van der Waals surface area contributed by atoms with Gasteiger partial charge in [0.25, 0.3) is 5.91 Å². The van der Waals surface area contributed by atoms with Crippen LogP contribution in [0.3, 0.4) is 0 Å². The Bertz CT molecular complexity index is 620. The number of nitrogens with one attached hydrogen (secondary N) is 1. The molecule has 0 aliphatic heterocycles. The zero-order valence-corrected chi connectivity index (χ0v) is 12.6. The first kappa shape index (κ1) is 13.7. The minimum Gasteiger partial charge on any atom is -0.496 e. The smallest absolute Gasteiger partial charge is 0.272 e. The van der Waals surface area contributed by atoms with E-state index in [1.54, 1.807) is 17.7 Å². The molecular formula is C14H15BrN2O2. The second kappa shape index (κ2) is 5.48. The third-order valence-electron chi connectivity index (χ3n) is 2.86. The molecule has 4 nitrogen and oxygen atoms in total. The van der Waals surface area contributed by atoms with Crippen molar-refractivity contribution in [3.63, 3.8) is 0 Å². The quantitative estimate of drug-likeness (QED) is 0.941. The molecule has 2 aromatic rings. The fourth-order valence-electron chi connectivity index (χ4n) is 1.90. The number of aromatic nitrogens is 1. The molecule has 0 aliphatic carbocycles. The van der Waals surface area contributed by atoms with Gasteiger partial charge < -0.3 is 14.6 Å². The van der Waals surface area contributed by atoms with E-state index in [1.807, 2.05) is 38.4 Å². The molecular weight excluding hydrogens is 308 g/mol. The van der Waals surface area contributed by atoms with Crippen molar-refractivity contribution in [2.75, 3.05) is 12.4 Å². The summed E-state index contributed by atoms with van der Waals surface area (Å²) in [7, 11) is 3.46. The maximum Gasteiger partial charge on any atom is 0.272 e. The lowest BCUT2D eigenvalue weighted by Gasteiger charge is -2.09. The predicted octanol–water partition coefficient (Wildman–Crippen LogP) is 3.36. The summed E-state index contributed by atoms with van der Waals surface area (Å²) in [6, 6.07) is 7.33. The second-order valence-corrected chi connectivity index (χ2v) is 5.21. The van der Waals surface area contributed by atoms with Gasteiger partial charge in [0.2, 0.25) is 0 Å². The molecule has 1 aromatic carbocycles. The van der Waals surface area contributed by atoms with Crippen LogP contribution in [-0.4, -0.2) is 17.6 Å². The molecule has 19 heavy (non-hydrogen) atoms. The van der Waals surface area contributed by atoms with E-state index in [9.17, 15) is 4.79 Å². The van der Waals surface area contributed by atoms with E-state index in [2.05, 4.69) is 21.2 Å². The maximum absolute atomic E-state index is 12.1. The molecule has 0 fully saturated rings. The van der Waals surface area contributed by atoms with E-state index >= 15 is 0 Å². The minimum atomic E-state index is -0.141. The average Bonchev–Trinajstić information content (AvgIpc) is 2.69. The Morgan fingerprint density at radius 3 is 2.63 bits per heavy atom. The van der Waals surface area contributed by atoms with Crippen LogP contribution in [0.2, 0.25) is 0 Å². The number of ether oxygens (including phenoxy) is 1. The third kappa shape index (κ3) is 2.98. The fourth-order valence-corrected chi connectivity index (χ4v) is 2.43. The summed E-state index contributed by atoms with van der Waals surface area (Å²) in [5, 5.41) is 2.87. The number of anilines is 1. The molecule has 0 unspecified atom stereocenters. The molecule has 2 rings (SSSR count). The van der Waals surface area contributed by atoms with Gasteiger partial charge in [0, 0.05) is 23.4 Å². The largest absolute Gasteiger partial charge is 0.496 e. The minimum absolute atomic E-state index is 0.141. The molecule has 0 radical (unpaired) electrons. The van der Waals surface area contributed by atoms with Gasteiger partial charge in [-0.05, 0) is 52.7 Å². The SMILES string of the molecule is COc1ccc(NC(=O)c2cc(Br)cn2C)cc1C. The van der Waals surface area contributed by atoms with Crippen molar-refractivity contribution in [3.8, 4) is 5.75 Å². The number of aryl methyl sites for hydroxylation is 2. The van der Waals surface area contributed by atoms with Gasteiger partial charge in [0.1, 0.15) is 11.4 Å². The number of hydrogen-bond acceptors (Lipinski definition) is 2. The summed E-state index contributed by atoms with van der Waals surface area (Å²) in [5.74, 6) is 0.664. The van der Waals surface area contributed by atoms with E-state index in [1.165, 1.54) is 0 Å². The van der Waals surface area contributed by atoms with Crippen molar-refractivity contribution < 1.29 is 9.53 Å². The topological polar surface area (TPSA) is 43.3 Å². The van der Waals surface area contributed by atoms with Gasteiger partial charge in [0.05, 0.1) is 7.11 Å². The van der Waals surface area contributed by atoms with Gasteiger partial charge >= 0.3 is 0 Å². The molecule has 0 bridgehead atoms. The first-order chi connectivity index (χ1) is 9.01. The molecule has 1 N–H and O–H groups in total. The Balaban J connectivity index is 2.19. The van der Waals surface area contributed by atoms with Crippen LogP contribution in [0.5, 0.6) is 5.75 Å². The van der Waals surface area contributed by atoms with Crippen LogP contribution < -0.4 is 10.1 Å². The number of rotatable bonds is 3. The third-order valence-corrected chi connectivity index (χ3v) is 3.29. The molecule has 1 aromatic heterocycles. The number of nitrogens with zero attached hydrogens (tertiary/aromatic N) is 1. The van der Waals surface area contributed by atoms with Gasteiger partial charge in [-0.25, -0.2) is 0 Å². The highest BCUT2D eigenvalue weighted by Gasteiger charge is 2.11. The zero-order chi connectivity index (χ0) is 14.0. The summed E-state index contributed by atoms with van der Waals surface area (Å²) in [4.78, 5) is 12.1. The summed E-state index contributed by atoms with van der Waals surface area (Å²) >= 11 is 3.35. The summed E-state index contributed by atoms with van der Waals surface area (Å²) < 4.78 is 7.84. The molecule has 0 aliphatic rings. The molecule has 100 valence electrons. The zero-order valence-electron chi connectivity index (χ0n) is 11.0. The van der Waals surface area contributed by atoms with Crippen molar-refractivity contribution in [2.45, 2.75) is 6.92 Å². The highest BCUT2D eigenvalue weighted by Crippen LogP contribution is 2.22. The molecule has 5 heteroatoms. The molecule has 0 spiro atoms. The van der Waals surface area contributed by atoms with E-state index in [0.29, 0.717) is 5.69 Å². The number of hydrogen-bond donors (Lipinski definition) is 1. The van der Waals surface area contributed by atoms with Crippen molar-refractivity contribution in [2.24, 2.45) is 7.05 Å². The van der Waals surface area contributed by atoms with E-state index in [4.69, 9.17) is 4.74 Å². The average molecular weight is 323 g/mol. The fraction of sp³-hybridized carbons (Fsp3) is 0.214. The molecule has 1 heterocycles. The second-order valence-electron chi connectivity index (χ2n) is 4.29. The van der Waals surface area contributed by atoms with E-state index in [-0.39, 0.29) is 5.91 Å². The van der Waals surface area contributed by atoms with Crippen molar-refractivity contribution in [3.05, 3.63) is 46.2 Å². The predicted molar refractivity (Wildman–Crippen MR) is 78.8 cm³/mol. The van der Waals surface area contributed by atoms with Gasteiger partial charge in [-0.2, -0.15) is 0 Å².